The highest BCUT2D eigenvalue weighted by atomic mass is 79.9. The van der Waals surface area contributed by atoms with Crippen LogP contribution in [0.25, 0.3) is 0 Å². The molecule has 0 fully saturated rings. The molecule has 0 amide bonds. The number of hydrogen-bond donors (Lipinski definition) is 1. The molecule has 0 aliphatic carbocycles. The number of nitrogens with one attached hydrogen (secondary N) is 1. The highest BCUT2D eigenvalue weighted by Gasteiger charge is 2.06. The van der Waals surface area contributed by atoms with Crippen LogP contribution in [0.3, 0.4) is 0 Å². The molecule has 0 spiro atoms. The Hall–Kier alpha value is -1.78. The van der Waals surface area contributed by atoms with E-state index in [2.05, 4.69) is 21.2 Å². The second-order valence-corrected chi connectivity index (χ2v) is 5.97. The van der Waals surface area contributed by atoms with Crippen molar-refractivity contribution in [2.45, 2.75) is 6.92 Å². The van der Waals surface area contributed by atoms with Crippen LogP contribution in [-0.4, -0.2) is 12.9 Å². The van der Waals surface area contributed by atoms with Crippen molar-refractivity contribution in [1.82, 2.24) is 0 Å². The number of halogens is 2. The first-order valence-corrected chi connectivity index (χ1v) is 7.75. The topological polar surface area (TPSA) is 38.3 Å². The molecule has 0 saturated carbocycles. The number of carbonyl (C=O) groups is 1. The summed E-state index contributed by atoms with van der Waals surface area (Å²) in [5, 5.41) is 3.69. The Bertz CT molecular complexity index is 711. The SMILES string of the molecule is COc1cc(Cl)c(C)cc1NC=CC(=O)c1ccc(Br)cc1. The summed E-state index contributed by atoms with van der Waals surface area (Å²) >= 11 is 9.40. The number of ether oxygens (including phenoxy) is 1. The molecule has 3 nitrogen and oxygen atoms in total. The number of allylic oxidation sites excluding steroid dienone is 1. The zero-order chi connectivity index (χ0) is 16.1. The maximum Gasteiger partial charge on any atom is 0.187 e. The number of hydrogen-bond acceptors (Lipinski definition) is 3. The zero-order valence-electron chi connectivity index (χ0n) is 12.2. The van der Waals surface area contributed by atoms with E-state index in [1.807, 2.05) is 25.1 Å². The second-order valence-electron chi connectivity index (χ2n) is 4.65. The highest BCUT2D eigenvalue weighted by molar-refractivity contribution is 9.10. The van der Waals surface area contributed by atoms with Crippen molar-refractivity contribution in [3.63, 3.8) is 0 Å². The smallest absolute Gasteiger partial charge is 0.187 e. The first-order chi connectivity index (χ1) is 10.5. The molecule has 1 N–H and O–H groups in total. The molecule has 0 unspecified atom stereocenters. The van der Waals surface area contributed by atoms with Crippen molar-refractivity contribution in [1.29, 1.82) is 0 Å². The first kappa shape index (κ1) is 16.6. The highest BCUT2D eigenvalue weighted by Crippen LogP contribution is 2.30. The van der Waals surface area contributed by atoms with Gasteiger partial charge < -0.3 is 10.1 Å². The van der Waals surface area contributed by atoms with Crippen molar-refractivity contribution < 1.29 is 9.53 Å². The van der Waals surface area contributed by atoms with Crippen LogP contribution in [0.4, 0.5) is 5.69 Å². The van der Waals surface area contributed by atoms with Gasteiger partial charge in [0.15, 0.2) is 5.78 Å². The Morgan fingerprint density at radius 1 is 1.27 bits per heavy atom. The predicted octanol–water partition coefficient (Wildman–Crippen LogP) is 5.23. The maximum absolute atomic E-state index is 12.0. The molecular formula is C17H15BrClNO2. The molecule has 0 aromatic heterocycles. The molecule has 0 atom stereocenters. The minimum Gasteiger partial charge on any atom is -0.495 e. The van der Waals surface area contributed by atoms with Gasteiger partial charge in [-0.15, -0.1) is 0 Å². The standard InChI is InChI=1S/C17H15BrClNO2/c1-11-9-15(17(22-2)10-14(11)19)20-8-7-16(21)12-3-5-13(18)6-4-12/h3-10,20H,1-2H3. The Kier molecular flexibility index (Phi) is 5.63. The van der Waals surface area contributed by atoms with Gasteiger partial charge in [0.1, 0.15) is 5.75 Å². The van der Waals surface area contributed by atoms with Crippen LogP contribution in [0.1, 0.15) is 15.9 Å². The normalized spacial score (nSPS) is 10.7. The molecule has 114 valence electrons. The van der Waals surface area contributed by atoms with Gasteiger partial charge >= 0.3 is 0 Å². The van der Waals surface area contributed by atoms with Crippen LogP contribution in [0.5, 0.6) is 5.75 Å². The van der Waals surface area contributed by atoms with Gasteiger partial charge in [-0.05, 0) is 42.8 Å². The summed E-state index contributed by atoms with van der Waals surface area (Å²) in [6, 6.07) is 10.8. The predicted molar refractivity (Wildman–Crippen MR) is 94.0 cm³/mol. The third kappa shape index (κ3) is 4.12. The van der Waals surface area contributed by atoms with Crippen molar-refractivity contribution >= 4 is 39.0 Å². The Balaban J connectivity index is 2.10. The van der Waals surface area contributed by atoms with E-state index in [9.17, 15) is 4.79 Å². The summed E-state index contributed by atoms with van der Waals surface area (Å²) in [5.74, 6) is 0.543. The van der Waals surface area contributed by atoms with Gasteiger partial charge in [-0.2, -0.15) is 0 Å². The summed E-state index contributed by atoms with van der Waals surface area (Å²) in [6.45, 7) is 1.91. The molecule has 0 aliphatic heterocycles. The van der Waals surface area contributed by atoms with Gasteiger partial charge in [0, 0.05) is 33.4 Å². The van der Waals surface area contributed by atoms with Crippen LogP contribution in [-0.2, 0) is 0 Å². The molecule has 0 bridgehead atoms. The molecule has 0 heterocycles. The number of benzene rings is 2. The van der Waals surface area contributed by atoms with Crippen LogP contribution < -0.4 is 10.1 Å². The van der Waals surface area contributed by atoms with Crippen molar-refractivity contribution in [3.05, 3.63) is 69.3 Å². The van der Waals surface area contributed by atoms with Gasteiger partial charge in [-0.3, -0.25) is 4.79 Å². The fourth-order valence-corrected chi connectivity index (χ4v) is 2.28. The van der Waals surface area contributed by atoms with E-state index >= 15 is 0 Å². The average molecular weight is 381 g/mol. The summed E-state index contributed by atoms with van der Waals surface area (Å²) in [7, 11) is 1.57. The molecule has 2 aromatic rings. The summed E-state index contributed by atoms with van der Waals surface area (Å²) < 4.78 is 6.20. The Labute approximate surface area is 143 Å². The van der Waals surface area contributed by atoms with E-state index in [1.165, 1.54) is 6.08 Å². The lowest BCUT2D eigenvalue weighted by atomic mass is 10.1. The molecule has 0 aliphatic rings. The van der Waals surface area contributed by atoms with Crippen LogP contribution in [0, 0.1) is 6.92 Å². The van der Waals surface area contributed by atoms with E-state index < -0.39 is 0 Å². The molecule has 2 rings (SSSR count). The summed E-state index contributed by atoms with van der Waals surface area (Å²) in [6.07, 6.45) is 3.07. The van der Waals surface area contributed by atoms with E-state index in [0.717, 1.165) is 15.7 Å². The van der Waals surface area contributed by atoms with Gasteiger partial charge in [0.2, 0.25) is 0 Å². The minimum atomic E-state index is -0.0790. The second kappa shape index (κ2) is 7.47. The number of ketones is 1. The van der Waals surface area contributed by atoms with E-state index in [0.29, 0.717) is 16.3 Å². The van der Waals surface area contributed by atoms with E-state index in [1.54, 1.807) is 31.5 Å². The summed E-state index contributed by atoms with van der Waals surface area (Å²) in [5.41, 5.74) is 2.31. The average Bonchev–Trinajstić information content (AvgIpc) is 2.51. The van der Waals surface area contributed by atoms with E-state index in [4.69, 9.17) is 16.3 Å². The van der Waals surface area contributed by atoms with Gasteiger partial charge in [-0.1, -0.05) is 27.5 Å². The monoisotopic (exact) mass is 379 g/mol. The van der Waals surface area contributed by atoms with Crippen LogP contribution >= 0.6 is 27.5 Å². The molecule has 0 radical (unpaired) electrons. The number of rotatable bonds is 5. The third-order valence-electron chi connectivity index (χ3n) is 3.08. The molecule has 22 heavy (non-hydrogen) atoms. The minimum absolute atomic E-state index is 0.0790. The van der Waals surface area contributed by atoms with Gasteiger partial charge in [0.25, 0.3) is 0 Å². The lowest BCUT2D eigenvalue weighted by Crippen LogP contribution is -1.98. The number of anilines is 1. The van der Waals surface area contributed by atoms with Crippen molar-refractivity contribution in [3.8, 4) is 5.75 Å². The van der Waals surface area contributed by atoms with Crippen LogP contribution in [0.2, 0.25) is 5.02 Å². The zero-order valence-corrected chi connectivity index (χ0v) is 14.5. The fraction of sp³-hybridized carbons (Fsp3) is 0.118. The first-order valence-electron chi connectivity index (χ1n) is 6.58. The van der Waals surface area contributed by atoms with E-state index in [-0.39, 0.29) is 5.78 Å². The van der Waals surface area contributed by atoms with Gasteiger partial charge in [0.05, 0.1) is 12.8 Å². The molecule has 5 heteroatoms. The third-order valence-corrected chi connectivity index (χ3v) is 4.02. The van der Waals surface area contributed by atoms with Crippen molar-refractivity contribution in [2.24, 2.45) is 0 Å². The lowest BCUT2D eigenvalue weighted by Gasteiger charge is -2.10. The summed E-state index contributed by atoms with van der Waals surface area (Å²) in [4.78, 5) is 12.0. The molecule has 0 saturated heterocycles. The number of aryl methyl sites for hydroxylation is 1. The van der Waals surface area contributed by atoms with Crippen molar-refractivity contribution in [2.75, 3.05) is 12.4 Å². The number of methoxy groups -OCH3 is 1. The number of carbonyl (C=O) groups excluding carboxylic acids is 1. The fourth-order valence-electron chi connectivity index (χ4n) is 1.86. The molecule has 2 aromatic carbocycles. The Morgan fingerprint density at radius 2 is 1.95 bits per heavy atom. The van der Waals surface area contributed by atoms with Gasteiger partial charge in [-0.25, -0.2) is 0 Å². The maximum atomic E-state index is 12.0. The Morgan fingerprint density at radius 3 is 2.59 bits per heavy atom. The lowest BCUT2D eigenvalue weighted by molar-refractivity contribution is 0.104. The molecular weight excluding hydrogens is 366 g/mol. The largest absolute Gasteiger partial charge is 0.495 e. The van der Waals surface area contributed by atoms with Crippen LogP contribution in [0.15, 0.2) is 53.1 Å². The quantitative estimate of drug-likeness (QED) is 0.570.